The van der Waals surface area contributed by atoms with Crippen LogP contribution in [0.3, 0.4) is 0 Å². The summed E-state index contributed by atoms with van der Waals surface area (Å²) in [5, 5.41) is 0. The highest BCUT2D eigenvalue weighted by Gasteiger charge is 2.24. The fraction of sp³-hybridized carbons (Fsp3) is 0.438. The number of nitrogens with zero attached hydrogens (tertiary/aromatic N) is 2. The first-order valence-corrected chi connectivity index (χ1v) is 7.30. The first-order chi connectivity index (χ1) is 10.1. The zero-order valence-electron chi connectivity index (χ0n) is 12.0. The third-order valence-electron chi connectivity index (χ3n) is 3.98. The van der Waals surface area contributed by atoms with Crippen LogP contribution in [0.1, 0.15) is 37.1 Å². The van der Waals surface area contributed by atoms with Gasteiger partial charge in [-0.05, 0) is 31.9 Å². The fourth-order valence-corrected chi connectivity index (χ4v) is 2.86. The van der Waals surface area contributed by atoms with E-state index in [9.17, 15) is 9.59 Å². The smallest absolute Gasteiger partial charge is 0.309 e. The van der Waals surface area contributed by atoms with E-state index >= 15 is 0 Å². The van der Waals surface area contributed by atoms with Crippen LogP contribution in [0.4, 0.5) is 0 Å². The minimum Gasteiger partial charge on any atom is -0.459 e. The molecule has 5 nitrogen and oxygen atoms in total. The van der Waals surface area contributed by atoms with E-state index in [-0.39, 0.29) is 24.1 Å². The van der Waals surface area contributed by atoms with Gasteiger partial charge in [-0.25, -0.2) is 4.98 Å². The molecule has 0 aliphatic heterocycles. The summed E-state index contributed by atoms with van der Waals surface area (Å²) in [6.45, 7) is 1.92. The van der Waals surface area contributed by atoms with Crippen molar-refractivity contribution in [2.75, 3.05) is 0 Å². The Kier molecular flexibility index (Phi) is 3.73. The molecule has 5 heteroatoms. The van der Waals surface area contributed by atoms with Crippen molar-refractivity contribution in [1.82, 2.24) is 9.38 Å². The van der Waals surface area contributed by atoms with Crippen molar-refractivity contribution < 1.29 is 9.53 Å². The molecular formula is C16H18N2O3. The second-order valence-corrected chi connectivity index (χ2v) is 5.54. The number of hydrogen-bond acceptors (Lipinski definition) is 4. The number of pyridine rings is 1. The summed E-state index contributed by atoms with van der Waals surface area (Å²) in [6, 6.07) is 6.92. The van der Waals surface area contributed by atoms with E-state index in [1.54, 1.807) is 10.5 Å². The zero-order valence-corrected chi connectivity index (χ0v) is 12.0. The van der Waals surface area contributed by atoms with Gasteiger partial charge in [-0.2, -0.15) is 0 Å². The molecule has 0 aromatic carbocycles. The predicted molar refractivity (Wildman–Crippen MR) is 78.0 cm³/mol. The third kappa shape index (κ3) is 2.82. The summed E-state index contributed by atoms with van der Waals surface area (Å²) >= 11 is 0. The van der Waals surface area contributed by atoms with Crippen LogP contribution in [0, 0.1) is 12.8 Å². The van der Waals surface area contributed by atoms with Crippen molar-refractivity contribution >= 4 is 11.6 Å². The Bertz CT molecular complexity index is 730. The summed E-state index contributed by atoms with van der Waals surface area (Å²) in [7, 11) is 0. The molecule has 0 radical (unpaired) electrons. The van der Waals surface area contributed by atoms with Gasteiger partial charge in [-0.3, -0.25) is 14.0 Å². The molecule has 110 valence electrons. The molecule has 0 saturated heterocycles. The monoisotopic (exact) mass is 286 g/mol. The van der Waals surface area contributed by atoms with E-state index in [1.807, 2.05) is 19.1 Å². The van der Waals surface area contributed by atoms with Crippen molar-refractivity contribution in [3.63, 3.8) is 0 Å². The van der Waals surface area contributed by atoms with Crippen molar-refractivity contribution in [2.45, 2.75) is 39.2 Å². The van der Waals surface area contributed by atoms with Gasteiger partial charge >= 0.3 is 5.97 Å². The third-order valence-corrected chi connectivity index (χ3v) is 3.98. The minimum atomic E-state index is -0.168. The number of aryl methyl sites for hydroxylation is 1. The van der Waals surface area contributed by atoms with Gasteiger partial charge in [-0.15, -0.1) is 0 Å². The van der Waals surface area contributed by atoms with Crippen LogP contribution in [-0.4, -0.2) is 15.4 Å². The van der Waals surface area contributed by atoms with E-state index in [4.69, 9.17) is 4.74 Å². The molecule has 0 unspecified atom stereocenters. The quantitative estimate of drug-likeness (QED) is 0.812. The number of aromatic nitrogens is 2. The van der Waals surface area contributed by atoms with Crippen molar-refractivity contribution in [3.8, 4) is 0 Å². The molecule has 21 heavy (non-hydrogen) atoms. The number of hydrogen-bond donors (Lipinski definition) is 0. The number of fused-ring (bicyclic) bond motifs is 1. The lowest BCUT2D eigenvalue weighted by Gasteiger charge is -2.10. The van der Waals surface area contributed by atoms with Gasteiger partial charge in [-0.1, -0.05) is 18.9 Å². The average Bonchev–Trinajstić information content (AvgIpc) is 2.98. The maximum atomic E-state index is 12.1. The Morgan fingerprint density at radius 1 is 1.38 bits per heavy atom. The molecule has 0 spiro atoms. The van der Waals surface area contributed by atoms with Crippen LogP contribution < -0.4 is 5.56 Å². The Hall–Kier alpha value is -2.17. The molecule has 3 rings (SSSR count). The van der Waals surface area contributed by atoms with E-state index in [2.05, 4.69) is 4.98 Å². The highest BCUT2D eigenvalue weighted by molar-refractivity contribution is 5.72. The van der Waals surface area contributed by atoms with E-state index in [0.29, 0.717) is 11.3 Å². The summed E-state index contributed by atoms with van der Waals surface area (Å²) in [6.07, 6.45) is 4.00. The van der Waals surface area contributed by atoms with Crippen LogP contribution in [-0.2, 0) is 16.1 Å². The van der Waals surface area contributed by atoms with Crippen molar-refractivity contribution in [2.24, 2.45) is 5.92 Å². The number of esters is 1. The number of carbonyl (C=O) groups is 1. The first kappa shape index (κ1) is 13.8. The topological polar surface area (TPSA) is 60.7 Å². The van der Waals surface area contributed by atoms with Crippen LogP contribution >= 0.6 is 0 Å². The average molecular weight is 286 g/mol. The summed E-state index contributed by atoms with van der Waals surface area (Å²) in [5.74, 6) is -0.146. The van der Waals surface area contributed by atoms with E-state index in [0.717, 1.165) is 31.4 Å². The van der Waals surface area contributed by atoms with Crippen molar-refractivity contribution in [3.05, 3.63) is 46.0 Å². The molecule has 2 aromatic heterocycles. The van der Waals surface area contributed by atoms with Gasteiger partial charge in [0.1, 0.15) is 12.3 Å². The van der Waals surface area contributed by atoms with Crippen molar-refractivity contribution in [1.29, 1.82) is 0 Å². The number of carbonyl (C=O) groups excluding carboxylic acids is 1. The van der Waals surface area contributed by atoms with Crippen LogP contribution in [0.5, 0.6) is 0 Å². The SMILES string of the molecule is Cc1cccc2nc(COC(=O)C3CCCC3)cc(=O)n12. The predicted octanol–water partition coefficient (Wildman–Crippen LogP) is 2.24. The Balaban J connectivity index is 1.78. The van der Waals surface area contributed by atoms with Gasteiger partial charge in [0.15, 0.2) is 0 Å². The highest BCUT2D eigenvalue weighted by atomic mass is 16.5. The molecule has 1 fully saturated rings. The Morgan fingerprint density at radius 2 is 2.14 bits per heavy atom. The van der Waals surface area contributed by atoms with E-state index < -0.39 is 0 Å². The molecule has 0 amide bonds. The van der Waals surface area contributed by atoms with Gasteiger partial charge in [0.2, 0.25) is 0 Å². The molecule has 0 N–H and O–H groups in total. The Morgan fingerprint density at radius 3 is 2.90 bits per heavy atom. The zero-order chi connectivity index (χ0) is 14.8. The summed E-state index contributed by atoms with van der Waals surface area (Å²) in [5.41, 5.74) is 1.76. The molecule has 0 atom stereocenters. The van der Waals surface area contributed by atoms with Gasteiger partial charge in [0.05, 0.1) is 11.6 Å². The number of ether oxygens (including phenoxy) is 1. The normalized spacial score (nSPS) is 15.5. The maximum Gasteiger partial charge on any atom is 0.309 e. The lowest BCUT2D eigenvalue weighted by Crippen LogP contribution is -2.19. The molecule has 0 bridgehead atoms. The van der Waals surface area contributed by atoms with Crippen LogP contribution in [0.2, 0.25) is 0 Å². The fourth-order valence-electron chi connectivity index (χ4n) is 2.86. The molecule has 2 heterocycles. The first-order valence-electron chi connectivity index (χ1n) is 7.30. The number of rotatable bonds is 3. The lowest BCUT2D eigenvalue weighted by molar-refractivity contribution is -0.149. The minimum absolute atomic E-state index is 0.0220. The largest absolute Gasteiger partial charge is 0.459 e. The maximum absolute atomic E-state index is 12.1. The van der Waals surface area contributed by atoms with Gasteiger partial charge in [0.25, 0.3) is 5.56 Å². The second kappa shape index (κ2) is 5.68. The molecule has 1 saturated carbocycles. The molecule has 1 aliphatic rings. The Labute approximate surface area is 122 Å². The van der Waals surface area contributed by atoms with E-state index in [1.165, 1.54) is 6.07 Å². The summed E-state index contributed by atoms with van der Waals surface area (Å²) in [4.78, 5) is 28.4. The second-order valence-electron chi connectivity index (χ2n) is 5.54. The highest BCUT2D eigenvalue weighted by Crippen LogP contribution is 2.25. The molecule has 1 aliphatic carbocycles. The van der Waals surface area contributed by atoms with Gasteiger partial charge in [0, 0.05) is 11.8 Å². The van der Waals surface area contributed by atoms with Crippen LogP contribution in [0.15, 0.2) is 29.1 Å². The molecular weight excluding hydrogens is 268 g/mol. The standard InChI is InChI=1S/C16H18N2O3/c1-11-5-4-8-14-17-13(9-15(19)18(11)14)10-21-16(20)12-6-2-3-7-12/h4-5,8-9,12H,2-3,6-7,10H2,1H3. The van der Waals surface area contributed by atoms with Crippen LogP contribution in [0.25, 0.3) is 5.65 Å². The molecule has 2 aromatic rings. The lowest BCUT2D eigenvalue weighted by atomic mass is 10.1. The van der Waals surface area contributed by atoms with Gasteiger partial charge < -0.3 is 4.74 Å². The summed E-state index contributed by atoms with van der Waals surface area (Å²) < 4.78 is 6.84.